The van der Waals surface area contributed by atoms with E-state index in [4.69, 9.17) is 5.73 Å². The Hall–Kier alpha value is -0.670. The standard InChI is InChI=1S/C15H25NOS/c1-12(2)13(9-10-16)5-6-14(17)7-8-15-4-3-11-18-15/h3-4,11-13H,5-10,16H2,1-2H3. The Kier molecular flexibility index (Phi) is 7.21. The molecule has 3 heteroatoms. The van der Waals surface area contributed by atoms with Crippen LogP contribution >= 0.6 is 11.3 Å². The van der Waals surface area contributed by atoms with E-state index in [0.29, 0.717) is 30.5 Å². The largest absolute Gasteiger partial charge is 0.330 e. The molecular weight excluding hydrogens is 242 g/mol. The average molecular weight is 267 g/mol. The second-order valence-corrected chi connectivity index (χ2v) is 6.27. The van der Waals surface area contributed by atoms with Crippen LogP contribution in [-0.2, 0) is 11.2 Å². The first-order valence-corrected chi connectivity index (χ1v) is 7.75. The van der Waals surface area contributed by atoms with Crippen LogP contribution in [0, 0.1) is 11.8 Å². The first kappa shape index (κ1) is 15.4. The molecule has 0 amide bonds. The number of aryl methyl sites for hydroxylation is 1. The molecule has 1 atom stereocenters. The van der Waals surface area contributed by atoms with Crippen LogP contribution in [0.1, 0.15) is 44.4 Å². The first-order chi connectivity index (χ1) is 8.63. The van der Waals surface area contributed by atoms with Crippen LogP contribution in [0.2, 0.25) is 0 Å². The molecule has 0 radical (unpaired) electrons. The van der Waals surface area contributed by atoms with E-state index in [1.807, 2.05) is 6.07 Å². The Morgan fingerprint density at radius 1 is 1.33 bits per heavy atom. The molecule has 0 saturated carbocycles. The van der Waals surface area contributed by atoms with Crippen molar-refractivity contribution in [2.24, 2.45) is 17.6 Å². The SMILES string of the molecule is CC(C)C(CCN)CCC(=O)CCc1cccs1. The maximum Gasteiger partial charge on any atom is 0.133 e. The third kappa shape index (κ3) is 5.78. The lowest BCUT2D eigenvalue weighted by atomic mass is 9.87. The molecule has 0 spiro atoms. The van der Waals surface area contributed by atoms with Crippen molar-refractivity contribution >= 4 is 17.1 Å². The molecule has 0 aliphatic heterocycles. The lowest BCUT2D eigenvalue weighted by Gasteiger charge is -2.19. The molecule has 1 aromatic rings. The van der Waals surface area contributed by atoms with Crippen LogP contribution in [0.5, 0.6) is 0 Å². The van der Waals surface area contributed by atoms with Crippen molar-refractivity contribution in [2.75, 3.05) is 6.54 Å². The molecule has 0 bridgehead atoms. The van der Waals surface area contributed by atoms with Gasteiger partial charge in [-0.05, 0) is 49.1 Å². The number of nitrogens with two attached hydrogens (primary N) is 1. The zero-order valence-electron chi connectivity index (χ0n) is 11.5. The normalized spacial score (nSPS) is 12.9. The van der Waals surface area contributed by atoms with Gasteiger partial charge in [0.1, 0.15) is 5.78 Å². The highest BCUT2D eigenvalue weighted by molar-refractivity contribution is 7.09. The summed E-state index contributed by atoms with van der Waals surface area (Å²) >= 11 is 1.73. The van der Waals surface area contributed by atoms with E-state index in [-0.39, 0.29) is 0 Å². The molecule has 1 unspecified atom stereocenters. The quantitative estimate of drug-likeness (QED) is 0.742. The predicted molar refractivity (Wildman–Crippen MR) is 78.9 cm³/mol. The van der Waals surface area contributed by atoms with Crippen LogP contribution in [-0.4, -0.2) is 12.3 Å². The smallest absolute Gasteiger partial charge is 0.133 e. The Bertz CT molecular complexity index is 332. The van der Waals surface area contributed by atoms with Gasteiger partial charge in [0.2, 0.25) is 0 Å². The maximum atomic E-state index is 11.8. The minimum atomic E-state index is 0.395. The monoisotopic (exact) mass is 267 g/mol. The Morgan fingerprint density at radius 2 is 2.11 bits per heavy atom. The van der Waals surface area contributed by atoms with E-state index in [9.17, 15) is 4.79 Å². The van der Waals surface area contributed by atoms with Crippen molar-refractivity contribution in [1.29, 1.82) is 0 Å². The van der Waals surface area contributed by atoms with Crippen LogP contribution in [0.15, 0.2) is 17.5 Å². The summed E-state index contributed by atoms with van der Waals surface area (Å²) in [6, 6.07) is 4.14. The van der Waals surface area contributed by atoms with Crippen LogP contribution < -0.4 is 5.73 Å². The topological polar surface area (TPSA) is 43.1 Å². The van der Waals surface area contributed by atoms with Crippen molar-refractivity contribution < 1.29 is 4.79 Å². The van der Waals surface area contributed by atoms with Crippen LogP contribution in [0.25, 0.3) is 0 Å². The van der Waals surface area contributed by atoms with Gasteiger partial charge in [-0.3, -0.25) is 4.79 Å². The second-order valence-electron chi connectivity index (χ2n) is 5.24. The van der Waals surface area contributed by atoms with Gasteiger partial charge >= 0.3 is 0 Å². The molecule has 0 saturated heterocycles. The molecular formula is C15H25NOS. The van der Waals surface area contributed by atoms with Crippen molar-refractivity contribution in [2.45, 2.75) is 46.0 Å². The Balaban J connectivity index is 2.23. The van der Waals surface area contributed by atoms with Gasteiger partial charge in [0, 0.05) is 17.7 Å². The number of hydrogen-bond acceptors (Lipinski definition) is 3. The third-order valence-electron chi connectivity index (χ3n) is 3.50. The molecule has 0 aliphatic carbocycles. The van der Waals surface area contributed by atoms with Crippen molar-refractivity contribution in [3.8, 4) is 0 Å². The summed E-state index contributed by atoms with van der Waals surface area (Å²) in [7, 11) is 0. The molecule has 0 fully saturated rings. The molecule has 1 heterocycles. The Labute approximate surface area is 115 Å². The van der Waals surface area contributed by atoms with Crippen LogP contribution in [0.4, 0.5) is 0 Å². The molecule has 18 heavy (non-hydrogen) atoms. The van der Waals surface area contributed by atoms with E-state index in [1.165, 1.54) is 4.88 Å². The number of thiophene rings is 1. The summed E-state index contributed by atoms with van der Waals surface area (Å²) < 4.78 is 0. The zero-order valence-corrected chi connectivity index (χ0v) is 12.3. The van der Waals surface area contributed by atoms with Crippen molar-refractivity contribution in [3.05, 3.63) is 22.4 Å². The van der Waals surface area contributed by atoms with Gasteiger partial charge in [-0.1, -0.05) is 19.9 Å². The number of rotatable bonds is 9. The fourth-order valence-corrected chi connectivity index (χ4v) is 2.92. The molecule has 0 aliphatic rings. The van der Waals surface area contributed by atoms with Gasteiger partial charge < -0.3 is 5.73 Å². The fraction of sp³-hybridized carbons (Fsp3) is 0.667. The molecule has 2 nitrogen and oxygen atoms in total. The van der Waals surface area contributed by atoms with E-state index < -0.39 is 0 Å². The number of Topliss-reactive ketones (excluding diaryl/α,β-unsaturated/α-hetero) is 1. The zero-order chi connectivity index (χ0) is 13.4. The van der Waals surface area contributed by atoms with Crippen molar-refractivity contribution in [3.63, 3.8) is 0 Å². The van der Waals surface area contributed by atoms with Crippen LogP contribution in [0.3, 0.4) is 0 Å². The summed E-state index contributed by atoms with van der Waals surface area (Å²) in [5.41, 5.74) is 5.61. The van der Waals surface area contributed by atoms with E-state index in [0.717, 1.165) is 25.8 Å². The highest BCUT2D eigenvalue weighted by Gasteiger charge is 2.14. The summed E-state index contributed by atoms with van der Waals surface area (Å²) in [6.07, 6.45) is 4.34. The summed E-state index contributed by atoms with van der Waals surface area (Å²) in [5.74, 6) is 1.62. The highest BCUT2D eigenvalue weighted by Crippen LogP contribution is 2.21. The minimum absolute atomic E-state index is 0.395. The summed E-state index contributed by atoms with van der Waals surface area (Å²) in [4.78, 5) is 13.2. The first-order valence-electron chi connectivity index (χ1n) is 6.87. The maximum absolute atomic E-state index is 11.8. The highest BCUT2D eigenvalue weighted by atomic mass is 32.1. The van der Waals surface area contributed by atoms with Crippen molar-refractivity contribution in [1.82, 2.24) is 0 Å². The summed E-state index contributed by atoms with van der Waals surface area (Å²) in [5, 5.41) is 2.07. The minimum Gasteiger partial charge on any atom is -0.330 e. The molecule has 1 rings (SSSR count). The van der Waals surface area contributed by atoms with Gasteiger partial charge in [0.05, 0.1) is 0 Å². The second kappa shape index (κ2) is 8.44. The third-order valence-corrected chi connectivity index (χ3v) is 4.44. The van der Waals surface area contributed by atoms with Gasteiger partial charge in [0.25, 0.3) is 0 Å². The Morgan fingerprint density at radius 3 is 2.67 bits per heavy atom. The fourth-order valence-electron chi connectivity index (χ4n) is 2.21. The molecule has 0 aromatic carbocycles. The predicted octanol–water partition coefficient (Wildman–Crippen LogP) is 3.65. The number of carbonyl (C=O) groups excluding carboxylic acids is 1. The summed E-state index contributed by atoms with van der Waals surface area (Å²) in [6.45, 7) is 5.17. The van der Waals surface area contributed by atoms with E-state index in [1.54, 1.807) is 11.3 Å². The number of carbonyl (C=O) groups is 1. The lowest BCUT2D eigenvalue weighted by molar-refractivity contribution is -0.119. The van der Waals surface area contributed by atoms with Gasteiger partial charge in [-0.25, -0.2) is 0 Å². The van der Waals surface area contributed by atoms with Gasteiger partial charge in [-0.2, -0.15) is 0 Å². The lowest BCUT2D eigenvalue weighted by Crippen LogP contribution is -2.16. The van der Waals surface area contributed by atoms with Gasteiger partial charge in [0.15, 0.2) is 0 Å². The van der Waals surface area contributed by atoms with E-state index >= 15 is 0 Å². The molecule has 1 aromatic heterocycles. The number of hydrogen-bond donors (Lipinski definition) is 1. The van der Waals surface area contributed by atoms with Gasteiger partial charge in [-0.15, -0.1) is 11.3 Å². The average Bonchev–Trinajstić information content (AvgIpc) is 2.84. The molecule has 102 valence electrons. The molecule has 2 N–H and O–H groups in total. The number of ketones is 1. The van der Waals surface area contributed by atoms with E-state index in [2.05, 4.69) is 25.3 Å².